The van der Waals surface area contributed by atoms with Crippen molar-refractivity contribution in [2.45, 2.75) is 38.6 Å². The Kier molecular flexibility index (Phi) is 5.44. The van der Waals surface area contributed by atoms with Crippen LogP contribution in [0.4, 0.5) is 5.82 Å². The average Bonchev–Trinajstić information content (AvgIpc) is 3.20. The number of rotatable bonds is 6. The third-order valence-corrected chi connectivity index (χ3v) is 4.82. The van der Waals surface area contributed by atoms with Crippen molar-refractivity contribution < 1.29 is 4.74 Å². The smallest absolute Gasteiger partial charge is 0.126 e. The van der Waals surface area contributed by atoms with Gasteiger partial charge in [-0.3, -0.25) is 4.98 Å². The summed E-state index contributed by atoms with van der Waals surface area (Å²) in [7, 11) is 0. The molecular formula is C21H25N5O. The molecule has 0 unspecified atom stereocenters. The number of nitrogens with zero attached hydrogens (tertiary/aromatic N) is 4. The van der Waals surface area contributed by atoms with E-state index in [0.29, 0.717) is 6.04 Å². The molecule has 6 heteroatoms. The Bertz CT molecular complexity index is 868. The summed E-state index contributed by atoms with van der Waals surface area (Å²) >= 11 is 0. The van der Waals surface area contributed by atoms with Crippen LogP contribution in [0.5, 0.6) is 0 Å². The summed E-state index contributed by atoms with van der Waals surface area (Å²) in [4.78, 5) is 8.98. The van der Waals surface area contributed by atoms with Crippen LogP contribution < -0.4 is 5.32 Å². The highest BCUT2D eigenvalue weighted by Gasteiger charge is 2.14. The van der Waals surface area contributed by atoms with E-state index in [9.17, 15) is 0 Å². The molecule has 0 radical (unpaired) electrons. The summed E-state index contributed by atoms with van der Waals surface area (Å²) in [5, 5.41) is 8.00. The van der Waals surface area contributed by atoms with E-state index >= 15 is 0 Å². The Labute approximate surface area is 159 Å². The maximum Gasteiger partial charge on any atom is 0.126 e. The number of pyridine rings is 2. The van der Waals surface area contributed by atoms with Crippen molar-refractivity contribution in [3.8, 4) is 16.8 Å². The topological polar surface area (TPSA) is 64.9 Å². The monoisotopic (exact) mass is 363 g/mol. The lowest BCUT2D eigenvalue weighted by atomic mass is 10.1. The first-order valence-electron chi connectivity index (χ1n) is 9.62. The molecule has 0 saturated carbocycles. The van der Waals surface area contributed by atoms with Crippen LogP contribution in [-0.2, 0) is 11.2 Å². The van der Waals surface area contributed by atoms with Gasteiger partial charge < -0.3 is 10.1 Å². The molecule has 0 atom stereocenters. The van der Waals surface area contributed by atoms with Gasteiger partial charge in [0.15, 0.2) is 0 Å². The first kappa shape index (κ1) is 17.7. The largest absolute Gasteiger partial charge is 0.381 e. The minimum Gasteiger partial charge on any atom is -0.381 e. The fourth-order valence-corrected chi connectivity index (χ4v) is 3.31. The number of aryl methyl sites for hydroxylation is 1. The van der Waals surface area contributed by atoms with Crippen molar-refractivity contribution in [3.63, 3.8) is 0 Å². The first-order valence-corrected chi connectivity index (χ1v) is 9.62. The van der Waals surface area contributed by atoms with Crippen molar-refractivity contribution in [1.82, 2.24) is 19.7 Å². The Balaban J connectivity index is 1.47. The molecule has 1 saturated heterocycles. The molecule has 1 fully saturated rings. The molecule has 140 valence electrons. The molecule has 0 bridgehead atoms. The second kappa shape index (κ2) is 8.31. The molecule has 0 spiro atoms. The molecule has 4 rings (SSSR count). The molecular weight excluding hydrogens is 338 g/mol. The summed E-state index contributed by atoms with van der Waals surface area (Å²) in [5.74, 6) is 0.913. The number of ether oxygens (including phenoxy) is 1. The lowest BCUT2D eigenvalue weighted by Crippen LogP contribution is -2.28. The average molecular weight is 363 g/mol. The molecule has 1 N–H and O–H groups in total. The number of hydrogen-bond donors (Lipinski definition) is 1. The lowest BCUT2D eigenvalue weighted by molar-refractivity contribution is 0.0904. The SMILES string of the molecule is CCCc1cc(-n2cc(-c3ccc(NC4CCOCC4)nc3)cn2)ccn1. The maximum atomic E-state index is 5.40. The van der Waals surface area contributed by atoms with Gasteiger partial charge in [-0.25, -0.2) is 9.67 Å². The van der Waals surface area contributed by atoms with E-state index in [0.717, 1.165) is 67.2 Å². The zero-order valence-corrected chi connectivity index (χ0v) is 15.6. The standard InChI is InChI=1S/C21H25N5O/c1-2-3-19-12-20(6-9-22-19)26-15-17(14-24-26)16-4-5-21(23-13-16)25-18-7-10-27-11-8-18/h4-6,9,12-15,18H,2-3,7-8,10-11H2,1H3,(H,23,25). The molecule has 0 amide bonds. The molecule has 3 aromatic rings. The third-order valence-electron chi connectivity index (χ3n) is 4.82. The minimum absolute atomic E-state index is 0.448. The van der Waals surface area contributed by atoms with Crippen LogP contribution in [0.2, 0.25) is 0 Å². The van der Waals surface area contributed by atoms with Gasteiger partial charge in [-0.15, -0.1) is 0 Å². The van der Waals surface area contributed by atoms with E-state index in [1.165, 1.54) is 0 Å². The van der Waals surface area contributed by atoms with Crippen LogP contribution in [0.3, 0.4) is 0 Å². The van der Waals surface area contributed by atoms with Gasteiger partial charge in [0.25, 0.3) is 0 Å². The lowest BCUT2D eigenvalue weighted by Gasteiger charge is -2.23. The summed E-state index contributed by atoms with van der Waals surface area (Å²) in [6.07, 6.45) is 11.8. The molecule has 1 aliphatic heterocycles. The fourth-order valence-electron chi connectivity index (χ4n) is 3.31. The van der Waals surface area contributed by atoms with E-state index in [2.05, 4.69) is 39.4 Å². The van der Waals surface area contributed by atoms with Crippen LogP contribution in [0.15, 0.2) is 49.1 Å². The zero-order chi connectivity index (χ0) is 18.5. The van der Waals surface area contributed by atoms with Gasteiger partial charge in [-0.1, -0.05) is 13.3 Å². The minimum atomic E-state index is 0.448. The van der Waals surface area contributed by atoms with Gasteiger partial charge in [0.1, 0.15) is 5.82 Å². The number of nitrogens with one attached hydrogen (secondary N) is 1. The van der Waals surface area contributed by atoms with Gasteiger partial charge >= 0.3 is 0 Å². The summed E-state index contributed by atoms with van der Waals surface area (Å²) in [6.45, 7) is 3.81. The number of anilines is 1. The predicted molar refractivity (Wildman–Crippen MR) is 106 cm³/mol. The van der Waals surface area contributed by atoms with E-state index in [-0.39, 0.29) is 0 Å². The van der Waals surface area contributed by atoms with Crippen molar-refractivity contribution >= 4 is 5.82 Å². The summed E-state index contributed by atoms with van der Waals surface area (Å²) in [6, 6.07) is 8.65. The first-order chi connectivity index (χ1) is 13.3. The van der Waals surface area contributed by atoms with Crippen molar-refractivity contribution in [1.29, 1.82) is 0 Å². The Hall–Kier alpha value is -2.73. The van der Waals surface area contributed by atoms with Crippen molar-refractivity contribution in [3.05, 3.63) is 54.7 Å². The Morgan fingerprint density at radius 3 is 2.78 bits per heavy atom. The van der Waals surface area contributed by atoms with Gasteiger partial charge in [0.05, 0.1) is 11.9 Å². The highest BCUT2D eigenvalue weighted by Crippen LogP contribution is 2.22. The zero-order valence-electron chi connectivity index (χ0n) is 15.6. The van der Waals surface area contributed by atoms with Crippen LogP contribution in [-0.4, -0.2) is 39.0 Å². The Morgan fingerprint density at radius 1 is 1.11 bits per heavy atom. The van der Waals surface area contributed by atoms with Crippen LogP contribution in [0, 0.1) is 0 Å². The highest BCUT2D eigenvalue weighted by atomic mass is 16.5. The van der Waals surface area contributed by atoms with Gasteiger partial charge in [-0.05, 0) is 43.5 Å². The second-order valence-corrected chi connectivity index (χ2v) is 6.89. The van der Waals surface area contributed by atoms with Crippen molar-refractivity contribution in [2.75, 3.05) is 18.5 Å². The molecule has 27 heavy (non-hydrogen) atoms. The molecule has 0 aliphatic carbocycles. The third kappa shape index (κ3) is 4.34. The van der Waals surface area contributed by atoms with Crippen LogP contribution in [0.25, 0.3) is 16.8 Å². The Morgan fingerprint density at radius 2 is 2.00 bits per heavy atom. The molecule has 4 heterocycles. The molecule has 6 nitrogen and oxygen atoms in total. The number of aromatic nitrogens is 4. The summed E-state index contributed by atoms with van der Waals surface area (Å²) in [5.41, 5.74) is 4.23. The van der Waals surface area contributed by atoms with Crippen LogP contribution in [0.1, 0.15) is 31.9 Å². The van der Waals surface area contributed by atoms with E-state index in [4.69, 9.17) is 4.74 Å². The fraction of sp³-hybridized carbons (Fsp3) is 0.381. The van der Waals surface area contributed by atoms with Crippen molar-refractivity contribution in [2.24, 2.45) is 0 Å². The van der Waals surface area contributed by atoms with Gasteiger partial charge in [0, 0.05) is 54.7 Å². The highest BCUT2D eigenvalue weighted by molar-refractivity contribution is 5.62. The molecule has 0 aromatic carbocycles. The van der Waals surface area contributed by atoms with Gasteiger partial charge in [-0.2, -0.15) is 5.10 Å². The van der Waals surface area contributed by atoms with Gasteiger partial charge in [0.2, 0.25) is 0 Å². The van der Waals surface area contributed by atoms with E-state index in [1.807, 2.05) is 41.6 Å². The predicted octanol–water partition coefficient (Wildman–Crippen LogP) is 3.87. The maximum absolute atomic E-state index is 5.40. The molecule has 3 aromatic heterocycles. The summed E-state index contributed by atoms with van der Waals surface area (Å²) < 4.78 is 7.29. The van der Waals surface area contributed by atoms with E-state index in [1.54, 1.807) is 0 Å². The molecule has 1 aliphatic rings. The normalized spacial score (nSPS) is 15.0. The quantitative estimate of drug-likeness (QED) is 0.720. The second-order valence-electron chi connectivity index (χ2n) is 6.89. The van der Waals surface area contributed by atoms with E-state index < -0.39 is 0 Å². The van der Waals surface area contributed by atoms with Crippen LogP contribution >= 0.6 is 0 Å². The number of hydrogen-bond acceptors (Lipinski definition) is 5.